The fraction of sp³-hybridized carbons (Fsp3) is 0.500. The van der Waals surface area contributed by atoms with Crippen LogP contribution in [-0.4, -0.2) is 25.7 Å². The summed E-state index contributed by atoms with van der Waals surface area (Å²) in [5.74, 6) is -0.107. The number of rotatable bonds is 4. The molecule has 18 heavy (non-hydrogen) atoms. The number of carbonyl (C=O) groups is 1. The van der Waals surface area contributed by atoms with E-state index in [1.807, 2.05) is 19.1 Å². The summed E-state index contributed by atoms with van der Waals surface area (Å²) in [6.07, 6.45) is 1.43. The van der Waals surface area contributed by atoms with Gasteiger partial charge in [0.1, 0.15) is 0 Å². The van der Waals surface area contributed by atoms with E-state index >= 15 is 0 Å². The van der Waals surface area contributed by atoms with E-state index in [0.717, 1.165) is 24.0 Å². The van der Waals surface area contributed by atoms with Crippen molar-refractivity contribution in [3.63, 3.8) is 0 Å². The lowest BCUT2D eigenvalue weighted by atomic mass is 9.77. The zero-order valence-electron chi connectivity index (χ0n) is 10.5. The van der Waals surface area contributed by atoms with Gasteiger partial charge in [0.25, 0.3) is 0 Å². The highest BCUT2D eigenvalue weighted by Crippen LogP contribution is 2.35. The lowest BCUT2D eigenvalue weighted by Gasteiger charge is -2.27. The number of ether oxygens (including phenoxy) is 1. The van der Waals surface area contributed by atoms with Crippen molar-refractivity contribution in [3.05, 3.63) is 34.3 Å². The Bertz CT molecular complexity index is 410. The van der Waals surface area contributed by atoms with Crippen molar-refractivity contribution in [1.29, 1.82) is 0 Å². The van der Waals surface area contributed by atoms with Crippen molar-refractivity contribution >= 4 is 21.9 Å². The molecule has 1 unspecified atom stereocenters. The Hall–Kier alpha value is -0.870. The number of halogens is 1. The highest BCUT2D eigenvalue weighted by molar-refractivity contribution is 9.10. The third-order valence-electron chi connectivity index (χ3n) is 3.49. The van der Waals surface area contributed by atoms with E-state index in [-0.39, 0.29) is 11.4 Å². The Kier molecular flexibility index (Phi) is 4.40. The molecule has 1 heterocycles. The van der Waals surface area contributed by atoms with Gasteiger partial charge in [0.2, 0.25) is 0 Å². The van der Waals surface area contributed by atoms with Gasteiger partial charge in [-0.1, -0.05) is 28.1 Å². The van der Waals surface area contributed by atoms with Crippen LogP contribution >= 0.6 is 15.9 Å². The largest absolute Gasteiger partial charge is 0.466 e. The smallest absolute Gasteiger partial charge is 0.306 e. The minimum atomic E-state index is -0.107. The fourth-order valence-corrected chi connectivity index (χ4v) is 2.80. The third-order valence-corrected chi connectivity index (χ3v) is 4.02. The van der Waals surface area contributed by atoms with Gasteiger partial charge >= 0.3 is 5.97 Å². The molecule has 0 spiro atoms. The molecule has 1 aliphatic heterocycles. The van der Waals surface area contributed by atoms with Crippen LogP contribution in [0.4, 0.5) is 0 Å². The Morgan fingerprint density at radius 1 is 1.44 bits per heavy atom. The van der Waals surface area contributed by atoms with Crippen LogP contribution in [0.25, 0.3) is 0 Å². The van der Waals surface area contributed by atoms with E-state index in [1.54, 1.807) is 0 Å². The van der Waals surface area contributed by atoms with Gasteiger partial charge in [0.05, 0.1) is 13.0 Å². The number of carbonyl (C=O) groups excluding carboxylic acids is 1. The van der Waals surface area contributed by atoms with Gasteiger partial charge in [0.15, 0.2) is 0 Å². The van der Waals surface area contributed by atoms with E-state index in [1.165, 1.54) is 5.56 Å². The average molecular weight is 312 g/mol. The van der Waals surface area contributed by atoms with E-state index < -0.39 is 0 Å². The Morgan fingerprint density at radius 3 is 2.72 bits per heavy atom. The van der Waals surface area contributed by atoms with Gasteiger partial charge < -0.3 is 10.1 Å². The van der Waals surface area contributed by atoms with Crippen molar-refractivity contribution in [3.8, 4) is 0 Å². The summed E-state index contributed by atoms with van der Waals surface area (Å²) in [7, 11) is 0. The van der Waals surface area contributed by atoms with Gasteiger partial charge in [-0.2, -0.15) is 0 Å². The highest BCUT2D eigenvalue weighted by atomic mass is 79.9. The van der Waals surface area contributed by atoms with E-state index in [0.29, 0.717) is 13.0 Å². The number of benzene rings is 1. The minimum absolute atomic E-state index is 0.104. The molecule has 1 aromatic rings. The molecule has 1 aromatic carbocycles. The highest BCUT2D eigenvalue weighted by Gasteiger charge is 2.38. The molecule has 0 saturated carbocycles. The monoisotopic (exact) mass is 311 g/mol. The molecule has 1 saturated heterocycles. The predicted octanol–water partition coefficient (Wildman–Crippen LogP) is 2.63. The molecule has 4 heteroatoms. The molecule has 1 N–H and O–H groups in total. The lowest BCUT2D eigenvalue weighted by Crippen LogP contribution is -2.32. The van der Waals surface area contributed by atoms with E-state index in [9.17, 15) is 4.79 Å². The molecule has 3 nitrogen and oxygen atoms in total. The molecule has 0 aliphatic carbocycles. The maximum Gasteiger partial charge on any atom is 0.306 e. The van der Waals surface area contributed by atoms with Gasteiger partial charge in [-0.25, -0.2) is 0 Å². The molecule has 98 valence electrons. The summed E-state index contributed by atoms with van der Waals surface area (Å²) in [6, 6.07) is 8.24. The molecule has 1 fully saturated rings. The Morgan fingerprint density at radius 2 is 2.17 bits per heavy atom. The van der Waals surface area contributed by atoms with E-state index in [2.05, 4.69) is 33.4 Å². The zero-order chi connectivity index (χ0) is 13.0. The Labute approximate surface area is 116 Å². The normalized spacial score (nSPS) is 23.0. The number of esters is 1. The fourth-order valence-electron chi connectivity index (χ4n) is 2.53. The summed E-state index contributed by atoms with van der Waals surface area (Å²) in [6.45, 7) is 4.09. The van der Waals surface area contributed by atoms with Gasteiger partial charge in [-0.15, -0.1) is 0 Å². The molecule has 0 radical (unpaired) electrons. The average Bonchev–Trinajstić information content (AvgIpc) is 2.79. The van der Waals surface area contributed by atoms with Crippen molar-refractivity contribution < 1.29 is 9.53 Å². The van der Waals surface area contributed by atoms with Crippen LogP contribution in [0.1, 0.15) is 25.3 Å². The second-order valence-electron chi connectivity index (χ2n) is 4.70. The summed E-state index contributed by atoms with van der Waals surface area (Å²) >= 11 is 3.44. The number of hydrogen-bond acceptors (Lipinski definition) is 3. The molecular formula is C14H18BrNO2. The van der Waals surface area contributed by atoms with Crippen LogP contribution in [0.3, 0.4) is 0 Å². The number of nitrogens with one attached hydrogen (secondary N) is 1. The first-order valence-corrected chi connectivity index (χ1v) is 7.08. The van der Waals surface area contributed by atoms with Crippen molar-refractivity contribution in [1.82, 2.24) is 5.32 Å². The first kappa shape index (κ1) is 13.6. The second-order valence-corrected chi connectivity index (χ2v) is 5.61. The van der Waals surface area contributed by atoms with Crippen LogP contribution in [0.15, 0.2) is 28.7 Å². The van der Waals surface area contributed by atoms with Gasteiger partial charge in [-0.3, -0.25) is 4.79 Å². The number of hydrogen-bond donors (Lipinski definition) is 1. The predicted molar refractivity (Wildman–Crippen MR) is 74.6 cm³/mol. The molecule has 0 aromatic heterocycles. The summed E-state index contributed by atoms with van der Waals surface area (Å²) in [5, 5.41) is 3.35. The zero-order valence-corrected chi connectivity index (χ0v) is 12.1. The molecular weight excluding hydrogens is 294 g/mol. The van der Waals surface area contributed by atoms with Crippen LogP contribution < -0.4 is 5.32 Å². The summed E-state index contributed by atoms with van der Waals surface area (Å²) < 4.78 is 6.16. The molecule has 0 amide bonds. The summed E-state index contributed by atoms with van der Waals surface area (Å²) in [4.78, 5) is 11.8. The lowest BCUT2D eigenvalue weighted by molar-refractivity contribution is -0.144. The Balaban J connectivity index is 2.21. The standard InChI is InChI=1S/C14H18BrNO2/c1-2-18-13(17)9-14(7-8-16-10-14)11-3-5-12(15)6-4-11/h3-6,16H,2,7-10H2,1H3. The molecule has 2 rings (SSSR count). The van der Waals surface area contributed by atoms with E-state index in [4.69, 9.17) is 4.74 Å². The van der Waals surface area contributed by atoms with Crippen LogP contribution in [0, 0.1) is 0 Å². The van der Waals surface area contributed by atoms with Crippen molar-refractivity contribution in [2.45, 2.75) is 25.2 Å². The van der Waals surface area contributed by atoms with Gasteiger partial charge in [0, 0.05) is 16.4 Å². The summed E-state index contributed by atoms with van der Waals surface area (Å²) in [5.41, 5.74) is 1.11. The first-order valence-electron chi connectivity index (χ1n) is 6.29. The van der Waals surface area contributed by atoms with Crippen LogP contribution in [0.2, 0.25) is 0 Å². The molecule has 1 atom stereocenters. The molecule has 0 bridgehead atoms. The minimum Gasteiger partial charge on any atom is -0.466 e. The third kappa shape index (κ3) is 2.93. The molecule has 1 aliphatic rings. The van der Waals surface area contributed by atoms with Crippen LogP contribution in [-0.2, 0) is 14.9 Å². The maximum atomic E-state index is 11.8. The van der Waals surface area contributed by atoms with Crippen LogP contribution in [0.5, 0.6) is 0 Å². The van der Waals surface area contributed by atoms with Gasteiger partial charge in [-0.05, 0) is 37.6 Å². The first-order chi connectivity index (χ1) is 8.66. The van der Waals surface area contributed by atoms with Crippen molar-refractivity contribution in [2.24, 2.45) is 0 Å². The topological polar surface area (TPSA) is 38.3 Å². The SMILES string of the molecule is CCOC(=O)CC1(c2ccc(Br)cc2)CCNC1. The maximum absolute atomic E-state index is 11.8. The second kappa shape index (κ2) is 5.85. The quantitative estimate of drug-likeness (QED) is 0.869. The van der Waals surface area contributed by atoms with Crippen molar-refractivity contribution in [2.75, 3.05) is 19.7 Å².